The van der Waals surface area contributed by atoms with Crippen LogP contribution < -0.4 is 14.8 Å². The Morgan fingerprint density at radius 3 is 2.72 bits per heavy atom. The summed E-state index contributed by atoms with van der Waals surface area (Å²) in [4.78, 5) is 38.8. The lowest BCUT2D eigenvalue weighted by molar-refractivity contribution is -0.148. The maximum atomic E-state index is 12.9. The van der Waals surface area contributed by atoms with Crippen molar-refractivity contribution in [2.45, 2.75) is 82.4 Å². The number of nitrogens with zero attached hydrogens (tertiary/aromatic N) is 1. The number of carbonyl (C=O) groups is 3. The number of piperidine rings is 1. The van der Waals surface area contributed by atoms with E-state index in [2.05, 4.69) is 23.3 Å². The first-order chi connectivity index (χ1) is 18.2. The number of hydrogen-bond donors (Lipinski definition) is 2. The molecule has 2 fully saturated rings. The molecule has 0 aromatic heterocycles. The number of nitrogens with one attached hydrogen (secondary N) is 1. The Balaban J connectivity index is 0.00000353. The fraction of sp³-hybridized carbons (Fsp3) is 0.690. The molecule has 6 atom stereocenters. The summed E-state index contributed by atoms with van der Waals surface area (Å²) in [5, 5.41) is 11.8. The molecule has 2 unspecified atom stereocenters. The quantitative estimate of drug-likeness (QED) is 0.331. The van der Waals surface area contributed by atoms with Crippen molar-refractivity contribution in [2.24, 2.45) is 17.8 Å². The van der Waals surface area contributed by atoms with E-state index in [-0.39, 0.29) is 68.2 Å². The first-order valence-corrected chi connectivity index (χ1v) is 13.9. The predicted molar refractivity (Wildman–Crippen MR) is 150 cm³/mol. The van der Waals surface area contributed by atoms with Crippen LogP contribution in [0.1, 0.15) is 63.5 Å². The molecule has 1 spiro atoms. The predicted octanol–water partition coefficient (Wildman–Crippen LogP) is 3.03. The van der Waals surface area contributed by atoms with E-state index >= 15 is 0 Å². The number of likely N-dealkylation sites (N-methyl/N-ethyl adjacent to an activating group) is 1. The van der Waals surface area contributed by atoms with Crippen LogP contribution in [0.2, 0.25) is 0 Å². The number of aliphatic carboxylic acids is 1. The van der Waals surface area contributed by atoms with Crippen molar-refractivity contribution in [3.8, 4) is 11.5 Å². The van der Waals surface area contributed by atoms with Gasteiger partial charge in [-0.3, -0.25) is 9.59 Å². The number of esters is 1. The van der Waals surface area contributed by atoms with E-state index in [1.165, 1.54) is 11.1 Å². The summed E-state index contributed by atoms with van der Waals surface area (Å²) < 4.78 is 17.9. The van der Waals surface area contributed by atoms with Crippen molar-refractivity contribution >= 4 is 31.3 Å². The van der Waals surface area contributed by atoms with Gasteiger partial charge < -0.3 is 29.5 Å². The highest BCUT2D eigenvalue weighted by atomic mass is 32.1. The van der Waals surface area contributed by atoms with E-state index < -0.39 is 12.0 Å². The summed E-state index contributed by atoms with van der Waals surface area (Å²) in [5.41, 5.74) is 2.58. The van der Waals surface area contributed by atoms with Gasteiger partial charge in [-0.2, -0.15) is 13.5 Å². The molecule has 2 aliphatic carbocycles. The second kappa shape index (κ2) is 11.6. The third kappa shape index (κ3) is 5.10. The highest BCUT2D eigenvalue weighted by molar-refractivity contribution is 7.59. The van der Waals surface area contributed by atoms with Gasteiger partial charge in [0.05, 0.1) is 20.1 Å². The molecular weight excluding hydrogens is 520 g/mol. The Kier molecular flexibility index (Phi) is 8.76. The molecule has 4 aliphatic rings. The first kappa shape index (κ1) is 29.5. The van der Waals surface area contributed by atoms with E-state index in [9.17, 15) is 19.5 Å². The van der Waals surface area contributed by atoms with Crippen LogP contribution in [-0.4, -0.2) is 73.3 Å². The van der Waals surface area contributed by atoms with Gasteiger partial charge in [0.15, 0.2) is 11.5 Å². The number of methoxy groups -OCH3 is 1. The number of carbonyl (C=O) groups excluding carboxylic acids is 2. The van der Waals surface area contributed by atoms with Crippen molar-refractivity contribution < 1.29 is 33.7 Å². The van der Waals surface area contributed by atoms with Crippen LogP contribution in [0.15, 0.2) is 12.1 Å². The fourth-order valence-corrected chi connectivity index (χ4v) is 7.66. The number of likely N-dealkylation sites (tertiary alicyclic amines) is 1. The number of benzene rings is 1. The molecular formula is C29H42N2O7S. The molecule has 0 radical (unpaired) electrons. The molecule has 10 heteroatoms. The number of carboxylic acids is 1. The first-order valence-electron chi connectivity index (χ1n) is 13.9. The smallest absolute Gasteiger partial charge is 0.326 e. The van der Waals surface area contributed by atoms with Crippen molar-refractivity contribution in [3.63, 3.8) is 0 Å². The second-order valence-corrected chi connectivity index (χ2v) is 11.8. The van der Waals surface area contributed by atoms with Crippen molar-refractivity contribution in [2.75, 3.05) is 27.3 Å². The van der Waals surface area contributed by atoms with Gasteiger partial charge in [0.25, 0.3) is 0 Å². The van der Waals surface area contributed by atoms with Crippen LogP contribution in [0.25, 0.3) is 0 Å². The zero-order chi connectivity index (χ0) is 27.2. The van der Waals surface area contributed by atoms with Crippen LogP contribution in [0.4, 0.5) is 0 Å². The highest BCUT2D eigenvalue weighted by Gasteiger charge is 2.65. The Labute approximate surface area is 237 Å². The average molecular weight is 563 g/mol. The normalized spacial score (nSPS) is 28.9. The van der Waals surface area contributed by atoms with Crippen LogP contribution in [0, 0.1) is 17.8 Å². The number of carboxylic acid groups (broad SMARTS) is 1. The minimum Gasteiger partial charge on any atom is -0.493 e. The number of hydrogen-bond acceptors (Lipinski definition) is 7. The summed E-state index contributed by atoms with van der Waals surface area (Å²) >= 11 is 0. The van der Waals surface area contributed by atoms with Crippen LogP contribution in [0.3, 0.4) is 0 Å². The van der Waals surface area contributed by atoms with Gasteiger partial charge in [-0.05, 0) is 69.2 Å². The maximum Gasteiger partial charge on any atom is 0.326 e. The van der Waals surface area contributed by atoms with Crippen molar-refractivity contribution in [3.05, 3.63) is 23.3 Å². The third-order valence-corrected chi connectivity index (χ3v) is 9.41. The van der Waals surface area contributed by atoms with Crippen LogP contribution >= 0.6 is 13.5 Å². The SMILES string of the molecule is COc1ccc2c3c1O[C@H]1[C@@H](CC(=O)OCCCC(=O)NC(C(=O)O)C(C)C)CCC4[C@@H](C2)N(C)CC[C@@]341.S. The lowest BCUT2D eigenvalue weighted by Crippen LogP contribution is -2.65. The zero-order valence-corrected chi connectivity index (χ0v) is 24.3. The Morgan fingerprint density at radius 2 is 2.03 bits per heavy atom. The van der Waals surface area contributed by atoms with Gasteiger partial charge in [-0.25, -0.2) is 4.79 Å². The fourth-order valence-electron chi connectivity index (χ4n) is 7.66. The van der Waals surface area contributed by atoms with E-state index in [4.69, 9.17) is 14.2 Å². The van der Waals surface area contributed by atoms with E-state index in [0.717, 1.165) is 43.7 Å². The third-order valence-electron chi connectivity index (χ3n) is 9.41. The summed E-state index contributed by atoms with van der Waals surface area (Å²) in [6.07, 6.45) is 4.67. The molecule has 216 valence electrons. The van der Waals surface area contributed by atoms with Gasteiger partial charge in [-0.1, -0.05) is 19.9 Å². The lowest BCUT2D eigenvalue weighted by Gasteiger charge is -2.59. The van der Waals surface area contributed by atoms with Crippen LogP contribution in [0.5, 0.6) is 11.5 Å². The minimum atomic E-state index is -1.05. The Bertz CT molecular complexity index is 1110. The summed E-state index contributed by atoms with van der Waals surface area (Å²) in [6, 6.07) is 3.77. The van der Waals surface area contributed by atoms with Gasteiger partial charge >= 0.3 is 11.9 Å². The molecule has 1 saturated heterocycles. The summed E-state index contributed by atoms with van der Waals surface area (Å²) in [6.45, 7) is 4.63. The lowest BCUT2D eigenvalue weighted by atomic mass is 9.50. The van der Waals surface area contributed by atoms with Crippen molar-refractivity contribution in [1.82, 2.24) is 10.2 Å². The van der Waals surface area contributed by atoms with E-state index in [1.807, 2.05) is 6.07 Å². The molecule has 2 heterocycles. The summed E-state index contributed by atoms with van der Waals surface area (Å²) in [5.74, 6) is 0.297. The molecule has 2 bridgehead atoms. The largest absolute Gasteiger partial charge is 0.493 e. The van der Waals surface area contributed by atoms with Gasteiger partial charge in [0.1, 0.15) is 12.1 Å². The molecule has 9 nitrogen and oxygen atoms in total. The van der Waals surface area contributed by atoms with E-state index in [0.29, 0.717) is 18.4 Å². The maximum absolute atomic E-state index is 12.9. The molecule has 2 aliphatic heterocycles. The molecule has 2 N–H and O–H groups in total. The summed E-state index contributed by atoms with van der Waals surface area (Å²) in [7, 11) is 3.91. The molecule has 39 heavy (non-hydrogen) atoms. The Morgan fingerprint density at radius 1 is 1.26 bits per heavy atom. The minimum absolute atomic E-state index is 0. The van der Waals surface area contributed by atoms with Crippen molar-refractivity contribution in [1.29, 1.82) is 0 Å². The number of rotatable bonds is 10. The molecule has 1 amide bonds. The monoisotopic (exact) mass is 562 g/mol. The molecule has 1 aromatic rings. The average Bonchev–Trinajstić information content (AvgIpc) is 3.23. The molecule has 5 rings (SSSR count). The highest BCUT2D eigenvalue weighted by Crippen LogP contribution is 2.65. The van der Waals surface area contributed by atoms with E-state index in [1.54, 1.807) is 21.0 Å². The zero-order valence-electron chi connectivity index (χ0n) is 23.3. The standard InChI is InChI=1S/C29H40N2O7.H2S/c1-16(2)25(28(34)35)30-22(32)6-5-13-37-23(33)15-18-7-9-19-20-14-17-8-10-21(36-4)26-24(17)29(19,27(18)38-26)11-12-31(20)3;/h8,10,16,18-20,25,27H,5-7,9,11-15H2,1-4H3,(H,30,32)(H,34,35);1H2/t18-,19?,20-,25?,27+,29+;/m1./s1. The number of amides is 1. The molecule has 1 aromatic carbocycles. The van der Waals surface area contributed by atoms with Gasteiger partial charge in [0.2, 0.25) is 5.91 Å². The molecule has 1 saturated carbocycles. The Hall–Kier alpha value is -2.46. The topological polar surface area (TPSA) is 114 Å². The van der Waals surface area contributed by atoms with Gasteiger partial charge in [0, 0.05) is 29.4 Å². The number of ether oxygens (including phenoxy) is 3. The van der Waals surface area contributed by atoms with Crippen LogP contribution in [-0.2, 0) is 31.0 Å². The van der Waals surface area contributed by atoms with Gasteiger partial charge in [-0.15, -0.1) is 0 Å². The second-order valence-electron chi connectivity index (χ2n) is 11.8.